The van der Waals surface area contributed by atoms with Crippen molar-refractivity contribution in [1.29, 1.82) is 5.26 Å². The highest BCUT2D eigenvalue weighted by atomic mass is 35.5. The Morgan fingerprint density at radius 2 is 1.83 bits per heavy atom. The maximum Gasteiger partial charge on any atom is 0.133 e. The Kier molecular flexibility index (Phi) is 7.11. The minimum atomic E-state index is -0.580. The third-order valence-corrected chi connectivity index (χ3v) is 1.63. The second-order valence-corrected chi connectivity index (χ2v) is 2.87. The highest BCUT2D eigenvalue weighted by Crippen LogP contribution is 1.97. The van der Waals surface area contributed by atoms with Crippen LogP contribution in [0.1, 0.15) is 0 Å². The zero-order chi connectivity index (χ0) is 9.40. The van der Waals surface area contributed by atoms with Gasteiger partial charge in [-0.3, -0.25) is 4.90 Å². The molecule has 0 bridgehead atoms. The molecule has 0 amide bonds. The van der Waals surface area contributed by atoms with Crippen LogP contribution in [0.25, 0.3) is 0 Å². The van der Waals surface area contributed by atoms with Gasteiger partial charge in [0, 0.05) is 19.6 Å². The topological polar surface area (TPSA) is 67.5 Å². The predicted octanol–water partition coefficient (Wildman–Crippen LogP) is -0.596. The normalized spacial score (nSPS) is 12.9. The monoisotopic (exact) mass is 192 g/mol. The number of alkyl halides is 1. The van der Waals surface area contributed by atoms with E-state index < -0.39 is 5.38 Å². The number of nitriles is 1. The molecule has 0 spiro atoms. The zero-order valence-electron chi connectivity index (χ0n) is 6.78. The molecule has 1 unspecified atom stereocenters. The lowest BCUT2D eigenvalue weighted by Crippen LogP contribution is -2.34. The Balaban J connectivity index is 3.70. The maximum atomic E-state index is 8.60. The van der Waals surface area contributed by atoms with Gasteiger partial charge in [-0.25, -0.2) is 0 Å². The first-order valence-electron chi connectivity index (χ1n) is 3.72. The van der Waals surface area contributed by atoms with Gasteiger partial charge in [0.2, 0.25) is 0 Å². The van der Waals surface area contributed by atoms with Crippen LogP contribution in [-0.4, -0.2) is 53.3 Å². The number of hydrogen-bond donors (Lipinski definition) is 2. The molecule has 0 aromatic heterocycles. The fraction of sp³-hybridized carbons (Fsp3) is 0.857. The van der Waals surface area contributed by atoms with Crippen molar-refractivity contribution in [1.82, 2.24) is 4.90 Å². The van der Waals surface area contributed by atoms with Crippen molar-refractivity contribution < 1.29 is 10.2 Å². The van der Waals surface area contributed by atoms with Crippen molar-refractivity contribution in [3.8, 4) is 6.07 Å². The number of aliphatic hydroxyl groups is 2. The first-order chi connectivity index (χ1) is 5.74. The summed E-state index contributed by atoms with van der Waals surface area (Å²) in [5.74, 6) is 0. The molecular formula is C7H13ClN2O2. The summed E-state index contributed by atoms with van der Waals surface area (Å²) in [6, 6.07) is 1.87. The fourth-order valence-electron chi connectivity index (χ4n) is 0.845. The van der Waals surface area contributed by atoms with E-state index in [9.17, 15) is 0 Å². The van der Waals surface area contributed by atoms with Crippen molar-refractivity contribution in [3.05, 3.63) is 0 Å². The minimum absolute atomic E-state index is 0.00897. The van der Waals surface area contributed by atoms with Crippen LogP contribution in [-0.2, 0) is 0 Å². The summed E-state index contributed by atoms with van der Waals surface area (Å²) >= 11 is 5.57. The van der Waals surface area contributed by atoms with Gasteiger partial charge in [-0.2, -0.15) is 5.26 Å². The van der Waals surface area contributed by atoms with Crippen molar-refractivity contribution in [3.63, 3.8) is 0 Å². The fourth-order valence-corrected chi connectivity index (χ4v) is 1.04. The van der Waals surface area contributed by atoms with Crippen LogP contribution >= 0.6 is 11.6 Å². The first kappa shape index (κ1) is 11.7. The minimum Gasteiger partial charge on any atom is -0.395 e. The van der Waals surface area contributed by atoms with Gasteiger partial charge in [0.1, 0.15) is 5.38 Å². The van der Waals surface area contributed by atoms with E-state index in [-0.39, 0.29) is 13.2 Å². The highest BCUT2D eigenvalue weighted by molar-refractivity contribution is 6.22. The molecule has 0 saturated heterocycles. The van der Waals surface area contributed by atoms with E-state index in [1.807, 2.05) is 6.07 Å². The van der Waals surface area contributed by atoms with Crippen LogP contribution in [0.5, 0.6) is 0 Å². The van der Waals surface area contributed by atoms with Gasteiger partial charge in [0.15, 0.2) is 0 Å². The molecule has 0 radical (unpaired) electrons. The summed E-state index contributed by atoms with van der Waals surface area (Å²) < 4.78 is 0. The van der Waals surface area contributed by atoms with Crippen molar-refractivity contribution >= 4 is 11.6 Å². The molecule has 0 fully saturated rings. The average molecular weight is 193 g/mol. The molecule has 70 valence electrons. The highest BCUT2D eigenvalue weighted by Gasteiger charge is 2.09. The van der Waals surface area contributed by atoms with E-state index in [0.717, 1.165) is 0 Å². The summed E-state index contributed by atoms with van der Waals surface area (Å²) in [7, 11) is 0. The predicted molar refractivity (Wildman–Crippen MR) is 45.9 cm³/mol. The van der Waals surface area contributed by atoms with Crippen LogP contribution in [0, 0.1) is 11.3 Å². The van der Waals surface area contributed by atoms with E-state index in [1.165, 1.54) is 0 Å². The Bertz CT molecular complexity index is 143. The van der Waals surface area contributed by atoms with Crippen LogP contribution in [0.2, 0.25) is 0 Å². The third-order valence-electron chi connectivity index (χ3n) is 1.39. The van der Waals surface area contributed by atoms with Crippen molar-refractivity contribution in [2.45, 2.75) is 5.38 Å². The molecule has 0 aliphatic rings. The molecule has 0 heterocycles. The second kappa shape index (κ2) is 7.32. The smallest absolute Gasteiger partial charge is 0.133 e. The number of nitrogens with zero attached hydrogens (tertiary/aromatic N) is 2. The zero-order valence-corrected chi connectivity index (χ0v) is 7.54. The largest absolute Gasteiger partial charge is 0.395 e. The van der Waals surface area contributed by atoms with Gasteiger partial charge in [-0.1, -0.05) is 0 Å². The molecule has 0 rings (SSSR count). The Hall–Kier alpha value is -0.340. The van der Waals surface area contributed by atoms with Crippen LogP contribution in [0.3, 0.4) is 0 Å². The molecular weight excluding hydrogens is 180 g/mol. The third kappa shape index (κ3) is 5.33. The number of aliphatic hydroxyl groups excluding tert-OH is 2. The van der Waals surface area contributed by atoms with Crippen LogP contribution in [0.15, 0.2) is 0 Å². The molecule has 5 heteroatoms. The quantitative estimate of drug-likeness (QED) is 0.552. The van der Waals surface area contributed by atoms with Gasteiger partial charge < -0.3 is 10.2 Å². The van der Waals surface area contributed by atoms with Crippen LogP contribution < -0.4 is 0 Å². The number of halogens is 1. The lowest BCUT2D eigenvalue weighted by Gasteiger charge is -2.19. The standard InChI is InChI=1S/C7H13ClN2O2/c8-7(5-9)6-10(1-3-11)2-4-12/h7,11-12H,1-4,6H2. The van der Waals surface area contributed by atoms with Crippen molar-refractivity contribution in [2.24, 2.45) is 0 Å². The van der Waals surface area contributed by atoms with Crippen LogP contribution in [0.4, 0.5) is 0 Å². The SMILES string of the molecule is N#CC(Cl)CN(CCO)CCO. The molecule has 4 nitrogen and oxygen atoms in total. The molecule has 0 aromatic carbocycles. The van der Waals surface area contributed by atoms with Gasteiger partial charge >= 0.3 is 0 Å². The summed E-state index contributed by atoms with van der Waals surface area (Å²) in [6.45, 7) is 1.26. The van der Waals surface area contributed by atoms with Gasteiger partial charge in [-0.05, 0) is 0 Å². The van der Waals surface area contributed by atoms with E-state index in [0.29, 0.717) is 19.6 Å². The summed E-state index contributed by atoms with van der Waals surface area (Å²) in [5, 5.41) is 25.0. The first-order valence-corrected chi connectivity index (χ1v) is 4.16. The van der Waals surface area contributed by atoms with E-state index in [1.54, 1.807) is 4.90 Å². The summed E-state index contributed by atoms with van der Waals surface area (Å²) in [6.07, 6.45) is 0. The number of rotatable bonds is 6. The molecule has 0 aromatic rings. The average Bonchev–Trinajstić information content (AvgIpc) is 2.05. The molecule has 0 saturated carbocycles. The van der Waals surface area contributed by atoms with E-state index in [4.69, 9.17) is 27.1 Å². The Labute approximate surface area is 77.0 Å². The van der Waals surface area contributed by atoms with Gasteiger partial charge in [0.05, 0.1) is 19.3 Å². The summed E-state index contributed by atoms with van der Waals surface area (Å²) in [5.41, 5.74) is 0. The molecule has 1 atom stereocenters. The number of hydrogen-bond acceptors (Lipinski definition) is 4. The van der Waals surface area contributed by atoms with Gasteiger partial charge in [-0.15, -0.1) is 11.6 Å². The van der Waals surface area contributed by atoms with E-state index >= 15 is 0 Å². The Morgan fingerprint density at radius 3 is 2.17 bits per heavy atom. The van der Waals surface area contributed by atoms with E-state index in [2.05, 4.69) is 0 Å². The molecule has 0 aliphatic carbocycles. The molecule has 12 heavy (non-hydrogen) atoms. The maximum absolute atomic E-state index is 8.60. The second-order valence-electron chi connectivity index (χ2n) is 2.34. The lowest BCUT2D eigenvalue weighted by atomic mass is 10.4. The van der Waals surface area contributed by atoms with Crippen molar-refractivity contribution in [2.75, 3.05) is 32.8 Å². The molecule has 0 aliphatic heterocycles. The Morgan fingerprint density at radius 1 is 1.33 bits per heavy atom. The lowest BCUT2D eigenvalue weighted by molar-refractivity contribution is 0.164. The summed E-state index contributed by atoms with van der Waals surface area (Å²) in [4.78, 5) is 1.74. The van der Waals surface area contributed by atoms with Gasteiger partial charge in [0.25, 0.3) is 0 Å². The molecule has 2 N–H and O–H groups in total.